The summed E-state index contributed by atoms with van der Waals surface area (Å²) in [7, 11) is 0. The molecule has 0 amide bonds. The maximum absolute atomic E-state index is 10.6. The van der Waals surface area contributed by atoms with Gasteiger partial charge in [0.15, 0.2) is 6.19 Å². The van der Waals surface area contributed by atoms with Gasteiger partial charge in [-0.15, -0.1) is 0 Å². The molecule has 1 aromatic rings. The summed E-state index contributed by atoms with van der Waals surface area (Å²) >= 11 is 0. The van der Waals surface area contributed by atoms with Crippen molar-refractivity contribution in [2.75, 3.05) is 0 Å². The summed E-state index contributed by atoms with van der Waals surface area (Å²) in [5, 5.41) is 19.1. The number of benzene rings is 1. The van der Waals surface area contributed by atoms with Crippen LogP contribution in [0.15, 0.2) is 29.3 Å². The topological polar surface area (TPSA) is 143 Å². The quantitative estimate of drug-likeness (QED) is 0.269. The maximum Gasteiger partial charge on any atom is 0.335 e. The standard InChI is InChI=1S/C9H8N4O2.H2O/c10-5-12-9(11)13-7-3-1-2-6(4-7)8(14)15;/h1-4H,(H,14,15)(H3,11,12,13);1H2. The highest BCUT2D eigenvalue weighted by atomic mass is 16.4. The third-order valence-electron chi connectivity index (χ3n) is 1.53. The van der Waals surface area contributed by atoms with E-state index in [0.29, 0.717) is 5.69 Å². The molecule has 0 bridgehead atoms. The lowest BCUT2D eigenvalue weighted by Gasteiger charge is -1.98. The second-order valence-electron chi connectivity index (χ2n) is 2.59. The van der Waals surface area contributed by atoms with E-state index in [1.54, 1.807) is 18.3 Å². The number of nitrogens with two attached hydrogens (primary N) is 1. The number of nitrogens with one attached hydrogen (secondary N) is 1. The molecule has 7 heteroatoms. The van der Waals surface area contributed by atoms with Gasteiger partial charge in [-0.3, -0.25) is 5.32 Å². The summed E-state index contributed by atoms with van der Waals surface area (Å²) in [6.07, 6.45) is 1.60. The highest BCUT2D eigenvalue weighted by molar-refractivity contribution is 5.89. The number of carboxylic acid groups (broad SMARTS) is 1. The van der Waals surface area contributed by atoms with Crippen molar-refractivity contribution in [2.45, 2.75) is 0 Å². The molecule has 7 nitrogen and oxygen atoms in total. The zero-order valence-corrected chi connectivity index (χ0v) is 8.14. The number of aromatic carboxylic acids is 1. The third-order valence-corrected chi connectivity index (χ3v) is 1.53. The van der Waals surface area contributed by atoms with Crippen LogP contribution in [0, 0.1) is 11.5 Å². The molecule has 0 spiro atoms. The monoisotopic (exact) mass is 222 g/mol. The number of guanidine groups is 1. The maximum atomic E-state index is 10.6. The number of hydrogen-bond donors (Lipinski definition) is 3. The first-order chi connectivity index (χ1) is 7.13. The Balaban J connectivity index is 0.00000225. The Morgan fingerprint density at radius 1 is 1.56 bits per heavy atom. The number of rotatable bonds is 2. The Hall–Kier alpha value is -2.59. The lowest BCUT2D eigenvalue weighted by Crippen LogP contribution is -2.26. The third kappa shape index (κ3) is 3.65. The van der Waals surface area contributed by atoms with Gasteiger partial charge < -0.3 is 16.3 Å². The summed E-state index contributed by atoms with van der Waals surface area (Å²) < 4.78 is 0. The van der Waals surface area contributed by atoms with Crippen molar-refractivity contribution in [3.05, 3.63) is 29.8 Å². The van der Waals surface area contributed by atoms with Crippen LogP contribution in [0.25, 0.3) is 0 Å². The first-order valence-electron chi connectivity index (χ1n) is 3.96. The number of nitriles is 1. The van der Waals surface area contributed by atoms with Crippen molar-refractivity contribution in [1.29, 1.82) is 5.26 Å². The fourth-order valence-electron chi connectivity index (χ4n) is 0.933. The van der Waals surface area contributed by atoms with Crippen LogP contribution in [-0.4, -0.2) is 22.5 Å². The number of carboxylic acids is 1. The second kappa shape index (κ2) is 6.00. The summed E-state index contributed by atoms with van der Waals surface area (Å²) in [4.78, 5) is 14.4. The van der Waals surface area contributed by atoms with Gasteiger partial charge in [-0.05, 0) is 18.2 Å². The highest BCUT2D eigenvalue weighted by Crippen LogP contribution is 2.13. The van der Waals surface area contributed by atoms with Gasteiger partial charge in [-0.2, -0.15) is 5.26 Å². The minimum absolute atomic E-state index is 0. The molecule has 0 saturated heterocycles. The molecule has 0 atom stereocenters. The highest BCUT2D eigenvalue weighted by Gasteiger charge is 2.02. The smallest absolute Gasteiger partial charge is 0.335 e. The molecule has 0 fully saturated rings. The largest absolute Gasteiger partial charge is 0.478 e. The summed E-state index contributed by atoms with van der Waals surface area (Å²) in [5.74, 6) is -1.13. The van der Waals surface area contributed by atoms with E-state index in [0.717, 1.165) is 0 Å². The molecule has 0 aliphatic heterocycles. The van der Waals surface area contributed by atoms with E-state index >= 15 is 0 Å². The van der Waals surface area contributed by atoms with Crippen LogP contribution in [0.1, 0.15) is 10.4 Å². The minimum atomic E-state index is -1.04. The Bertz CT molecular complexity index is 450. The Labute approximate surface area is 91.1 Å². The summed E-state index contributed by atoms with van der Waals surface area (Å²) in [6.45, 7) is 0. The van der Waals surface area contributed by atoms with Gasteiger partial charge in [-0.25, -0.2) is 9.79 Å². The molecule has 6 N–H and O–H groups in total. The average molecular weight is 222 g/mol. The van der Waals surface area contributed by atoms with Gasteiger partial charge in [-0.1, -0.05) is 6.07 Å². The van der Waals surface area contributed by atoms with Crippen LogP contribution in [0.5, 0.6) is 0 Å². The van der Waals surface area contributed by atoms with E-state index < -0.39 is 5.97 Å². The zero-order chi connectivity index (χ0) is 11.3. The number of aliphatic imine (C=N–C) groups is 1. The van der Waals surface area contributed by atoms with Crippen LogP contribution < -0.4 is 11.1 Å². The Morgan fingerprint density at radius 3 is 2.81 bits per heavy atom. The van der Waals surface area contributed by atoms with Gasteiger partial charge in [0.05, 0.1) is 11.3 Å². The van der Waals surface area contributed by atoms with E-state index in [9.17, 15) is 4.79 Å². The number of carbonyl (C=O) groups is 1. The number of nitrogens with zero attached hydrogens (tertiary/aromatic N) is 2. The summed E-state index contributed by atoms with van der Waals surface area (Å²) in [6, 6.07) is 5.92. The first-order valence-corrected chi connectivity index (χ1v) is 3.96. The predicted molar refractivity (Wildman–Crippen MR) is 57.0 cm³/mol. The molecule has 16 heavy (non-hydrogen) atoms. The van der Waals surface area contributed by atoms with Gasteiger partial charge in [0, 0.05) is 0 Å². The molecule has 0 aromatic heterocycles. The number of hydrogen-bond acceptors (Lipinski definition) is 3. The van der Waals surface area contributed by atoms with Crippen molar-refractivity contribution < 1.29 is 15.4 Å². The lowest BCUT2D eigenvalue weighted by atomic mass is 10.2. The van der Waals surface area contributed by atoms with Crippen LogP contribution in [0.2, 0.25) is 0 Å². The molecule has 1 aromatic carbocycles. The van der Waals surface area contributed by atoms with Crippen LogP contribution in [0.4, 0.5) is 5.69 Å². The first kappa shape index (κ1) is 13.4. The van der Waals surface area contributed by atoms with Crippen molar-refractivity contribution in [3.8, 4) is 6.19 Å². The SMILES string of the molecule is N#CNC(N)=Nc1cccc(C(=O)O)c1.O. The molecule has 0 unspecified atom stereocenters. The Morgan fingerprint density at radius 2 is 2.25 bits per heavy atom. The van der Waals surface area contributed by atoms with E-state index in [2.05, 4.69) is 10.3 Å². The van der Waals surface area contributed by atoms with E-state index in [1.807, 2.05) is 0 Å². The summed E-state index contributed by atoms with van der Waals surface area (Å²) in [5.41, 5.74) is 5.79. The second-order valence-corrected chi connectivity index (χ2v) is 2.59. The normalized spacial score (nSPS) is 9.81. The fraction of sp³-hybridized carbons (Fsp3) is 0. The van der Waals surface area contributed by atoms with Crippen molar-refractivity contribution in [1.82, 2.24) is 5.32 Å². The van der Waals surface area contributed by atoms with Crippen LogP contribution >= 0.6 is 0 Å². The molecule has 0 heterocycles. The Kier molecular flexibility index (Phi) is 5.03. The van der Waals surface area contributed by atoms with Crippen LogP contribution in [-0.2, 0) is 0 Å². The molecular weight excluding hydrogens is 212 g/mol. The van der Waals surface area contributed by atoms with Crippen LogP contribution in [0.3, 0.4) is 0 Å². The molecule has 0 aliphatic rings. The van der Waals surface area contributed by atoms with Gasteiger partial charge >= 0.3 is 5.97 Å². The van der Waals surface area contributed by atoms with Gasteiger partial charge in [0.1, 0.15) is 0 Å². The van der Waals surface area contributed by atoms with Crippen molar-refractivity contribution in [3.63, 3.8) is 0 Å². The molecule has 1 rings (SSSR count). The average Bonchev–Trinajstić information content (AvgIpc) is 2.18. The molecule has 0 saturated carbocycles. The lowest BCUT2D eigenvalue weighted by molar-refractivity contribution is 0.0697. The zero-order valence-electron chi connectivity index (χ0n) is 8.14. The molecule has 0 radical (unpaired) electrons. The van der Waals surface area contributed by atoms with Crippen molar-refractivity contribution >= 4 is 17.6 Å². The predicted octanol–water partition coefficient (Wildman–Crippen LogP) is -0.423. The molecular formula is C9H10N4O3. The van der Waals surface area contributed by atoms with E-state index in [1.165, 1.54) is 12.1 Å². The molecule has 0 aliphatic carbocycles. The van der Waals surface area contributed by atoms with E-state index in [-0.39, 0.29) is 17.0 Å². The fourth-order valence-corrected chi connectivity index (χ4v) is 0.933. The molecule has 84 valence electrons. The van der Waals surface area contributed by atoms with Crippen molar-refractivity contribution in [2.24, 2.45) is 10.7 Å². The van der Waals surface area contributed by atoms with Gasteiger partial charge in [0.2, 0.25) is 5.96 Å². The minimum Gasteiger partial charge on any atom is -0.478 e. The van der Waals surface area contributed by atoms with Gasteiger partial charge in [0.25, 0.3) is 0 Å². The van der Waals surface area contributed by atoms with E-state index in [4.69, 9.17) is 16.1 Å².